The third kappa shape index (κ3) is 4.48. The van der Waals surface area contributed by atoms with Crippen molar-refractivity contribution in [2.45, 2.75) is 13.0 Å². The van der Waals surface area contributed by atoms with Crippen molar-refractivity contribution in [2.75, 3.05) is 6.54 Å². The number of benzene rings is 2. The average molecular weight is 383 g/mol. The Kier molecular flexibility index (Phi) is 5.74. The second-order valence-corrected chi connectivity index (χ2v) is 6.45. The van der Waals surface area contributed by atoms with Gasteiger partial charge in [0, 0.05) is 20.6 Å². The first-order valence-corrected chi connectivity index (χ1v) is 8.48. The number of nitrogens with zero attached hydrogens (tertiary/aromatic N) is 2. The molecule has 0 saturated heterocycles. The number of aromatic nitrogens is 2. The standard InChI is InChI=1S/C17H14Cl3N3O/c18-13-3-1-2-12(8-13)17-23-22-16(24-17)10-21-7-6-11-4-5-14(19)9-15(11)20/h1-5,8-9,21H,6-7,10H2. The predicted octanol–water partition coefficient (Wildman–Crippen LogP) is 5.03. The first kappa shape index (κ1) is 17.2. The summed E-state index contributed by atoms with van der Waals surface area (Å²) in [6.45, 7) is 1.22. The van der Waals surface area contributed by atoms with Crippen LogP contribution >= 0.6 is 34.8 Å². The Morgan fingerprint density at radius 2 is 1.79 bits per heavy atom. The molecule has 0 radical (unpaired) electrons. The van der Waals surface area contributed by atoms with Gasteiger partial charge >= 0.3 is 0 Å². The van der Waals surface area contributed by atoms with Gasteiger partial charge in [0.15, 0.2) is 0 Å². The van der Waals surface area contributed by atoms with E-state index in [1.165, 1.54) is 0 Å². The van der Waals surface area contributed by atoms with Gasteiger partial charge in [0.1, 0.15) is 0 Å². The van der Waals surface area contributed by atoms with E-state index in [0.29, 0.717) is 33.4 Å². The van der Waals surface area contributed by atoms with Crippen LogP contribution in [0.4, 0.5) is 0 Å². The normalized spacial score (nSPS) is 11.0. The minimum atomic E-state index is 0.454. The number of hydrogen-bond donors (Lipinski definition) is 1. The summed E-state index contributed by atoms with van der Waals surface area (Å²) in [7, 11) is 0. The van der Waals surface area contributed by atoms with Gasteiger partial charge in [-0.1, -0.05) is 46.9 Å². The SMILES string of the molecule is Clc1cccc(-c2nnc(CNCCc3ccc(Cl)cc3Cl)o2)c1. The number of rotatable bonds is 6. The van der Waals surface area contributed by atoms with E-state index >= 15 is 0 Å². The molecule has 1 heterocycles. The summed E-state index contributed by atoms with van der Waals surface area (Å²) in [5.74, 6) is 0.974. The van der Waals surface area contributed by atoms with E-state index in [4.69, 9.17) is 39.2 Å². The Morgan fingerprint density at radius 3 is 2.58 bits per heavy atom. The molecule has 1 N–H and O–H groups in total. The van der Waals surface area contributed by atoms with Crippen molar-refractivity contribution in [3.63, 3.8) is 0 Å². The molecular weight excluding hydrogens is 369 g/mol. The fourth-order valence-corrected chi connectivity index (χ4v) is 2.90. The summed E-state index contributed by atoms with van der Waals surface area (Å²) in [5, 5.41) is 13.3. The van der Waals surface area contributed by atoms with E-state index in [1.54, 1.807) is 18.2 Å². The molecule has 124 valence electrons. The Morgan fingerprint density at radius 1 is 0.958 bits per heavy atom. The fraction of sp³-hybridized carbons (Fsp3) is 0.176. The van der Waals surface area contributed by atoms with Crippen molar-refractivity contribution in [3.8, 4) is 11.5 Å². The third-order valence-corrected chi connectivity index (χ3v) is 4.22. The van der Waals surface area contributed by atoms with Crippen LogP contribution in [0.2, 0.25) is 15.1 Å². The highest BCUT2D eigenvalue weighted by atomic mass is 35.5. The lowest BCUT2D eigenvalue weighted by Gasteiger charge is -2.05. The van der Waals surface area contributed by atoms with Crippen LogP contribution in [0, 0.1) is 0 Å². The average Bonchev–Trinajstić information content (AvgIpc) is 3.02. The molecule has 0 amide bonds. The van der Waals surface area contributed by atoms with Gasteiger partial charge in [-0.25, -0.2) is 0 Å². The first-order chi connectivity index (χ1) is 11.6. The Bertz CT molecular complexity index is 835. The maximum absolute atomic E-state index is 6.15. The van der Waals surface area contributed by atoms with Gasteiger partial charge in [0.2, 0.25) is 11.8 Å². The summed E-state index contributed by atoms with van der Waals surface area (Å²) >= 11 is 18.0. The fourth-order valence-electron chi connectivity index (χ4n) is 2.21. The molecule has 0 aliphatic carbocycles. The second-order valence-electron chi connectivity index (χ2n) is 5.17. The molecule has 0 aliphatic rings. The summed E-state index contributed by atoms with van der Waals surface area (Å²) in [6, 6.07) is 12.8. The molecule has 3 aromatic rings. The zero-order chi connectivity index (χ0) is 16.9. The van der Waals surface area contributed by atoms with Crippen LogP contribution in [0.1, 0.15) is 11.5 Å². The van der Waals surface area contributed by atoms with E-state index in [9.17, 15) is 0 Å². The molecule has 0 atom stereocenters. The molecule has 2 aromatic carbocycles. The third-order valence-electron chi connectivity index (χ3n) is 3.40. The number of hydrogen-bond acceptors (Lipinski definition) is 4. The monoisotopic (exact) mass is 381 g/mol. The predicted molar refractivity (Wildman–Crippen MR) is 96.6 cm³/mol. The van der Waals surface area contributed by atoms with E-state index < -0.39 is 0 Å². The Hall–Kier alpha value is -1.59. The van der Waals surface area contributed by atoms with Gasteiger partial charge in [0.25, 0.3) is 0 Å². The molecule has 1 aromatic heterocycles. The molecule has 0 saturated carbocycles. The molecule has 4 nitrogen and oxygen atoms in total. The van der Waals surface area contributed by atoms with Crippen molar-refractivity contribution in [1.82, 2.24) is 15.5 Å². The van der Waals surface area contributed by atoms with Gasteiger partial charge in [-0.15, -0.1) is 10.2 Å². The minimum Gasteiger partial charge on any atom is -0.419 e. The van der Waals surface area contributed by atoms with Crippen molar-refractivity contribution in [2.24, 2.45) is 0 Å². The molecule has 0 aliphatic heterocycles. The van der Waals surface area contributed by atoms with E-state index in [0.717, 1.165) is 24.1 Å². The summed E-state index contributed by atoms with van der Waals surface area (Å²) < 4.78 is 5.63. The first-order valence-electron chi connectivity index (χ1n) is 7.35. The van der Waals surface area contributed by atoms with Crippen LogP contribution in [-0.2, 0) is 13.0 Å². The summed E-state index contributed by atoms with van der Waals surface area (Å²) in [4.78, 5) is 0. The zero-order valence-corrected chi connectivity index (χ0v) is 14.9. The molecular formula is C17H14Cl3N3O. The maximum Gasteiger partial charge on any atom is 0.247 e. The summed E-state index contributed by atoms with van der Waals surface area (Å²) in [5.41, 5.74) is 1.84. The van der Waals surface area contributed by atoms with Crippen molar-refractivity contribution >= 4 is 34.8 Å². The van der Waals surface area contributed by atoms with Crippen molar-refractivity contribution in [1.29, 1.82) is 0 Å². The topological polar surface area (TPSA) is 51.0 Å². The van der Waals surface area contributed by atoms with Crippen LogP contribution in [0.25, 0.3) is 11.5 Å². The summed E-state index contributed by atoms with van der Waals surface area (Å²) in [6.07, 6.45) is 0.783. The van der Waals surface area contributed by atoms with E-state index in [-0.39, 0.29) is 0 Å². The highest BCUT2D eigenvalue weighted by Crippen LogP contribution is 2.22. The number of halogens is 3. The molecule has 0 bridgehead atoms. The lowest BCUT2D eigenvalue weighted by molar-refractivity contribution is 0.478. The van der Waals surface area contributed by atoms with E-state index in [2.05, 4.69) is 15.5 Å². The number of nitrogens with one attached hydrogen (secondary N) is 1. The van der Waals surface area contributed by atoms with Gasteiger partial charge in [0.05, 0.1) is 6.54 Å². The molecule has 7 heteroatoms. The van der Waals surface area contributed by atoms with Crippen LogP contribution in [-0.4, -0.2) is 16.7 Å². The van der Waals surface area contributed by atoms with Crippen LogP contribution < -0.4 is 5.32 Å². The highest BCUT2D eigenvalue weighted by Gasteiger charge is 2.08. The second kappa shape index (κ2) is 7.99. The highest BCUT2D eigenvalue weighted by molar-refractivity contribution is 6.35. The van der Waals surface area contributed by atoms with Gasteiger partial charge in [-0.3, -0.25) is 0 Å². The molecule has 0 unspecified atom stereocenters. The van der Waals surface area contributed by atoms with Crippen LogP contribution in [0.5, 0.6) is 0 Å². The van der Waals surface area contributed by atoms with Crippen molar-refractivity contribution < 1.29 is 4.42 Å². The maximum atomic E-state index is 6.15. The lowest BCUT2D eigenvalue weighted by Crippen LogP contribution is -2.17. The van der Waals surface area contributed by atoms with Gasteiger partial charge in [-0.2, -0.15) is 0 Å². The lowest BCUT2D eigenvalue weighted by atomic mass is 10.1. The Balaban J connectivity index is 1.52. The minimum absolute atomic E-state index is 0.454. The van der Waals surface area contributed by atoms with E-state index in [1.807, 2.05) is 24.3 Å². The van der Waals surface area contributed by atoms with Gasteiger partial charge < -0.3 is 9.73 Å². The van der Waals surface area contributed by atoms with Crippen LogP contribution in [0.3, 0.4) is 0 Å². The zero-order valence-electron chi connectivity index (χ0n) is 12.6. The van der Waals surface area contributed by atoms with Crippen molar-refractivity contribution in [3.05, 3.63) is 69.0 Å². The van der Waals surface area contributed by atoms with Gasteiger partial charge in [-0.05, 0) is 48.9 Å². The molecule has 24 heavy (non-hydrogen) atoms. The molecule has 0 spiro atoms. The Labute approximate surface area is 154 Å². The molecule has 3 rings (SSSR count). The smallest absolute Gasteiger partial charge is 0.247 e. The quantitative estimate of drug-likeness (QED) is 0.608. The molecule has 0 fully saturated rings. The van der Waals surface area contributed by atoms with Crippen LogP contribution in [0.15, 0.2) is 46.9 Å². The largest absolute Gasteiger partial charge is 0.419 e.